The van der Waals surface area contributed by atoms with E-state index in [-0.39, 0.29) is 23.9 Å². The maximum atomic E-state index is 12.4. The largest absolute Gasteiger partial charge is 0.433 e. The molecule has 0 aliphatic rings. The summed E-state index contributed by atoms with van der Waals surface area (Å²) in [5.74, 6) is -0.430. The summed E-state index contributed by atoms with van der Waals surface area (Å²) in [5, 5.41) is 6.54. The topological polar surface area (TPSA) is 56.2 Å². The molecule has 0 aliphatic carbocycles. The van der Waals surface area contributed by atoms with Crippen molar-refractivity contribution in [3.63, 3.8) is 0 Å². The molecule has 0 spiro atoms. The maximum absolute atomic E-state index is 12.4. The van der Waals surface area contributed by atoms with Crippen LogP contribution in [0.4, 0.5) is 14.5 Å². The van der Waals surface area contributed by atoms with Gasteiger partial charge in [0.1, 0.15) is 12.3 Å². The van der Waals surface area contributed by atoms with E-state index in [0.29, 0.717) is 0 Å². The minimum Gasteiger partial charge on any atom is -0.433 e. The van der Waals surface area contributed by atoms with Gasteiger partial charge in [-0.2, -0.15) is 13.9 Å². The van der Waals surface area contributed by atoms with Crippen molar-refractivity contribution in [1.82, 2.24) is 9.78 Å². The van der Waals surface area contributed by atoms with Crippen LogP contribution in [-0.4, -0.2) is 22.3 Å². The number of nitrogens with zero attached hydrogens (tertiary/aromatic N) is 2. The fourth-order valence-corrected chi connectivity index (χ4v) is 1.82. The third kappa shape index (κ3) is 4.01. The van der Waals surface area contributed by atoms with Gasteiger partial charge >= 0.3 is 6.61 Å². The van der Waals surface area contributed by atoms with Crippen molar-refractivity contribution in [2.45, 2.75) is 27.0 Å². The molecule has 1 amide bonds. The van der Waals surface area contributed by atoms with Crippen molar-refractivity contribution < 1.29 is 18.3 Å². The molecule has 7 heteroatoms. The van der Waals surface area contributed by atoms with Crippen LogP contribution >= 0.6 is 0 Å². The molecule has 0 saturated heterocycles. The summed E-state index contributed by atoms with van der Waals surface area (Å²) in [6, 6.07) is 6.44. The maximum Gasteiger partial charge on any atom is 0.387 e. The molecule has 1 aromatic carbocycles. The quantitative estimate of drug-likeness (QED) is 0.922. The van der Waals surface area contributed by atoms with E-state index in [1.807, 2.05) is 6.92 Å². The number of hydrogen-bond acceptors (Lipinski definition) is 3. The molecule has 0 fully saturated rings. The van der Waals surface area contributed by atoms with Gasteiger partial charge in [0.2, 0.25) is 5.91 Å². The van der Waals surface area contributed by atoms with Gasteiger partial charge in [-0.3, -0.25) is 9.48 Å². The number of carbonyl (C=O) groups is 1. The Balaban J connectivity index is 2.11. The van der Waals surface area contributed by atoms with Crippen molar-refractivity contribution in [3.8, 4) is 5.75 Å². The molecule has 1 aromatic heterocycles. The average molecular weight is 295 g/mol. The van der Waals surface area contributed by atoms with Crippen molar-refractivity contribution in [1.29, 1.82) is 0 Å². The number of hydrogen-bond donors (Lipinski definition) is 1. The zero-order valence-corrected chi connectivity index (χ0v) is 11.6. The molecule has 5 nitrogen and oxygen atoms in total. The Labute approximate surface area is 120 Å². The number of amides is 1. The Bertz CT molecular complexity index is 641. The summed E-state index contributed by atoms with van der Waals surface area (Å²) in [4.78, 5) is 11.9. The number of carbonyl (C=O) groups excluding carboxylic acids is 1. The third-order valence-electron chi connectivity index (χ3n) is 2.85. The van der Waals surface area contributed by atoms with E-state index in [1.165, 1.54) is 16.8 Å². The average Bonchev–Trinajstić information content (AvgIpc) is 2.78. The van der Waals surface area contributed by atoms with Crippen molar-refractivity contribution in [2.24, 2.45) is 0 Å². The van der Waals surface area contributed by atoms with Crippen LogP contribution in [0.5, 0.6) is 5.75 Å². The highest BCUT2D eigenvalue weighted by Gasteiger charge is 2.13. The van der Waals surface area contributed by atoms with Gasteiger partial charge in [-0.05, 0) is 37.6 Å². The molecule has 0 saturated carbocycles. The Morgan fingerprint density at radius 2 is 2.14 bits per heavy atom. The van der Waals surface area contributed by atoms with Crippen molar-refractivity contribution >= 4 is 11.6 Å². The Morgan fingerprint density at radius 1 is 1.38 bits per heavy atom. The molecule has 0 radical (unpaired) electrons. The highest BCUT2D eigenvalue weighted by atomic mass is 19.3. The van der Waals surface area contributed by atoms with Crippen LogP contribution < -0.4 is 10.1 Å². The monoisotopic (exact) mass is 295 g/mol. The second kappa shape index (κ2) is 6.34. The van der Waals surface area contributed by atoms with E-state index in [1.54, 1.807) is 25.3 Å². The number of aryl methyl sites for hydroxylation is 2. The normalized spacial score (nSPS) is 10.7. The molecule has 2 aromatic rings. The zero-order chi connectivity index (χ0) is 15.4. The lowest BCUT2D eigenvalue weighted by Gasteiger charge is -2.13. The first kappa shape index (κ1) is 15.0. The fraction of sp³-hybridized carbons (Fsp3) is 0.286. The van der Waals surface area contributed by atoms with Gasteiger partial charge in [0.05, 0.1) is 5.69 Å². The number of benzene rings is 1. The number of ether oxygens (including phenoxy) is 1. The van der Waals surface area contributed by atoms with Gasteiger partial charge in [-0.15, -0.1) is 0 Å². The van der Waals surface area contributed by atoms with Crippen LogP contribution in [0.3, 0.4) is 0 Å². The summed E-state index contributed by atoms with van der Waals surface area (Å²) in [7, 11) is 0. The van der Waals surface area contributed by atoms with Crippen LogP contribution in [0.2, 0.25) is 0 Å². The van der Waals surface area contributed by atoms with Crippen molar-refractivity contribution in [2.75, 3.05) is 5.32 Å². The lowest BCUT2D eigenvalue weighted by atomic mass is 10.2. The summed E-state index contributed by atoms with van der Waals surface area (Å²) in [6.07, 6.45) is 1.58. The van der Waals surface area contributed by atoms with E-state index >= 15 is 0 Å². The van der Waals surface area contributed by atoms with Crippen molar-refractivity contribution in [3.05, 3.63) is 41.7 Å². The molecule has 1 heterocycles. The number of nitrogens with one attached hydrogen (secondary N) is 1. The Kier molecular flexibility index (Phi) is 4.52. The Morgan fingerprint density at radius 3 is 2.76 bits per heavy atom. The molecular formula is C14H15F2N3O2. The second-order valence-electron chi connectivity index (χ2n) is 4.56. The number of alkyl halides is 2. The van der Waals surface area contributed by atoms with E-state index in [2.05, 4.69) is 15.2 Å². The molecule has 0 aliphatic heterocycles. The van der Waals surface area contributed by atoms with Gasteiger partial charge in [-0.25, -0.2) is 0 Å². The standard InChI is InChI=1S/C14H15F2N3O2/c1-9-3-4-11(12(7-9)21-14(15)16)18-13(20)8-19-10(2)5-6-17-19/h3-7,14H,8H2,1-2H3,(H,18,20). The number of anilines is 1. The highest BCUT2D eigenvalue weighted by molar-refractivity contribution is 5.92. The number of halogens is 2. The summed E-state index contributed by atoms with van der Waals surface area (Å²) >= 11 is 0. The molecule has 0 bridgehead atoms. The van der Waals surface area contributed by atoms with Gasteiger partial charge in [0, 0.05) is 11.9 Å². The molecule has 0 unspecified atom stereocenters. The van der Waals surface area contributed by atoms with Crippen LogP contribution in [0.15, 0.2) is 30.5 Å². The number of rotatable bonds is 5. The third-order valence-corrected chi connectivity index (χ3v) is 2.85. The summed E-state index contributed by atoms with van der Waals surface area (Å²) in [5.41, 5.74) is 1.79. The minimum absolute atomic E-state index is 0.000822. The zero-order valence-electron chi connectivity index (χ0n) is 11.6. The molecule has 112 valence electrons. The first-order valence-corrected chi connectivity index (χ1v) is 6.29. The predicted octanol–water partition coefficient (Wildman–Crippen LogP) is 2.74. The fourth-order valence-electron chi connectivity index (χ4n) is 1.82. The summed E-state index contributed by atoms with van der Waals surface area (Å²) in [6.45, 7) is 0.617. The highest BCUT2D eigenvalue weighted by Crippen LogP contribution is 2.27. The minimum atomic E-state index is -2.95. The van der Waals surface area contributed by atoms with Crippen LogP contribution in [0.1, 0.15) is 11.3 Å². The van der Waals surface area contributed by atoms with Gasteiger partial charge in [0.15, 0.2) is 0 Å². The van der Waals surface area contributed by atoms with Crippen LogP contribution in [-0.2, 0) is 11.3 Å². The molecule has 2 rings (SSSR count). The lowest BCUT2D eigenvalue weighted by Crippen LogP contribution is -2.21. The second-order valence-corrected chi connectivity index (χ2v) is 4.56. The lowest BCUT2D eigenvalue weighted by molar-refractivity contribution is -0.117. The van der Waals surface area contributed by atoms with Gasteiger partial charge < -0.3 is 10.1 Å². The van der Waals surface area contributed by atoms with E-state index in [4.69, 9.17) is 0 Å². The Hall–Kier alpha value is -2.44. The molecule has 0 atom stereocenters. The van der Waals surface area contributed by atoms with E-state index in [0.717, 1.165) is 11.3 Å². The first-order valence-electron chi connectivity index (χ1n) is 6.29. The van der Waals surface area contributed by atoms with E-state index in [9.17, 15) is 13.6 Å². The molecule has 21 heavy (non-hydrogen) atoms. The SMILES string of the molecule is Cc1ccc(NC(=O)Cn2nccc2C)c(OC(F)F)c1. The van der Waals surface area contributed by atoms with Crippen LogP contribution in [0.25, 0.3) is 0 Å². The van der Waals surface area contributed by atoms with Gasteiger partial charge in [-0.1, -0.05) is 6.07 Å². The predicted molar refractivity (Wildman–Crippen MR) is 73.4 cm³/mol. The van der Waals surface area contributed by atoms with Gasteiger partial charge in [0.25, 0.3) is 0 Å². The summed E-state index contributed by atoms with van der Waals surface area (Å²) < 4.78 is 30.7. The molecule has 1 N–H and O–H groups in total. The van der Waals surface area contributed by atoms with Crippen LogP contribution in [0, 0.1) is 13.8 Å². The van der Waals surface area contributed by atoms with E-state index < -0.39 is 6.61 Å². The number of aromatic nitrogens is 2. The first-order chi connectivity index (χ1) is 9.95. The molecular weight excluding hydrogens is 280 g/mol. The smallest absolute Gasteiger partial charge is 0.387 e.